The first-order chi connectivity index (χ1) is 11.3. The number of thiophene rings is 1. The first-order valence-electron chi connectivity index (χ1n) is 7.96. The molecule has 0 aliphatic heterocycles. The van der Waals surface area contributed by atoms with Crippen molar-refractivity contribution in [2.75, 3.05) is 11.8 Å². The van der Waals surface area contributed by atoms with E-state index in [0.29, 0.717) is 4.88 Å². The Hall–Kier alpha value is -1.46. The third kappa shape index (κ3) is 4.09. The maximum Gasteiger partial charge on any atom is 0.350 e. The van der Waals surface area contributed by atoms with Gasteiger partial charge in [0.1, 0.15) is 4.88 Å². The zero-order chi connectivity index (χ0) is 16.1. The van der Waals surface area contributed by atoms with Crippen LogP contribution < -0.4 is 4.72 Å². The van der Waals surface area contributed by atoms with E-state index in [1.54, 1.807) is 0 Å². The lowest BCUT2D eigenvalue weighted by molar-refractivity contribution is 0.0607. The molecule has 1 aliphatic rings. The summed E-state index contributed by atoms with van der Waals surface area (Å²) in [6, 6.07) is 10.7. The summed E-state index contributed by atoms with van der Waals surface area (Å²) in [5.41, 5.74) is 2.27. The molecule has 0 spiro atoms. The quantitative estimate of drug-likeness (QED) is 0.556. The molecule has 3 nitrogen and oxygen atoms in total. The summed E-state index contributed by atoms with van der Waals surface area (Å²) < 4.78 is 8.04. The molecule has 1 N–H and O–H groups in total. The van der Waals surface area contributed by atoms with Crippen molar-refractivity contribution < 1.29 is 9.53 Å². The van der Waals surface area contributed by atoms with E-state index in [2.05, 4.69) is 29.0 Å². The highest BCUT2D eigenvalue weighted by atomic mass is 32.2. The van der Waals surface area contributed by atoms with Gasteiger partial charge in [0.2, 0.25) is 0 Å². The van der Waals surface area contributed by atoms with Gasteiger partial charge in [0.15, 0.2) is 0 Å². The number of hydrogen-bond donors (Lipinski definition) is 1. The largest absolute Gasteiger partial charge is 0.465 e. The lowest BCUT2D eigenvalue weighted by Gasteiger charge is -2.22. The number of nitrogens with one attached hydrogen (secondary N) is 1. The molecule has 0 atom stereocenters. The zero-order valence-corrected chi connectivity index (χ0v) is 14.8. The van der Waals surface area contributed by atoms with Gasteiger partial charge in [-0.25, -0.2) is 4.79 Å². The molecular formula is C18H21NO2S2. The topological polar surface area (TPSA) is 38.3 Å². The molecule has 5 heteroatoms. The SMILES string of the molecule is COC(=O)c1sccc1NSc1ccc(C2CCCCC2)cc1. The number of methoxy groups -OCH3 is 1. The fourth-order valence-corrected chi connectivity index (χ4v) is 4.50. The van der Waals surface area contributed by atoms with Crippen molar-refractivity contribution in [1.82, 2.24) is 0 Å². The molecule has 0 bridgehead atoms. The third-order valence-corrected chi connectivity index (χ3v) is 6.00. The minimum atomic E-state index is -0.296. The third-order valence-electron chi connectivity index (χ3n) is 4.27. The van der Waals surface area contributed by atoms with Crippen LogP contribution in [0.15, 0.2) is 40.6 Å². The molecule has 1 aromatic heterocycles. The van der Waals surface area contributed by atoms with Crippen LogP contribution >= 0.6 is 23.3 Å². The van der Waals surface area contributed by atoms with Gasteiger partial charge in [0, 0.05) is 4.90 Å². The molecule has 1 aliphatic carbocycles. The van der Waals surface area contributed by atoms with Crippen molar-refractivity contribution in [2.24, 2.45) is 0 Å². The van der Waals surface area contributed by atoms with Crippen LogP contribution in [0.3, 0.4) is 0 Å². The molecule has 0 radical (unpaired) electrons. The molecule has 0 amide bonds. The normalized spacial score (nSPS) is 15.3. The summed E-state index contributed by atoms with van der Waals surface area (Å²) in [6.45, 7) is 0. The Morgan fingerprint density at radius 3 is 2.61 bits per heavy atom. The number of esters is 1. The van der Waals surface area contributed by atoms with Gasteiger partial charge in [0.25, 0.3) is 0 Å². The summed E-state index contributed by atoms with van der Waals surface area (Å²) >= 11 is 2.91. The Morgan fingerprint density at radius 1 is 1.17 bits per heavy atom. The number of hydrogen-bond acceptors (Lipinski definition) is 5. The van der Waals surface area contributed by atoms with Crippen LogP contribution in [0.4, 0.5) is 5.69 Å². The van der Waals surface area contributed by atoms with Crippen molar-refractivity contribution in [2.45, 2.75) is 42.9 Å². The number of carbonyl (C=O) groups excluding carboxylic acids is 1. The van der Waals surface area contributed by atoms with E-state index >= 15 is 0 Å². The van der Waals surface area contributed by atoms with Gasteiger partial charge >= 0.3 is 5.97 Å². The summed E-state index contributed by atoms with van der Waals surface area (Å²) in [4.78, 5) is 13.4. The Bertz CT molecular complexity index is 645. The number of carbonyl (C=O) groups is 1. The summed E-state index contributed by atoms with van der Waals surface area (Å²) in [6.07, 6.45) is 6.75. The Morgan fingerprint density at radius 2 is 1.91 bits per heavy atom. The van der Waals surface area contributed by atoms with Gasteiger partial charge in [-0.15, -0.1) is 11.3 Å². The van der Waals surface area contributed by atoms with Gasteiger partial charge in [-0.1, -0.05) is 31.4 Å². The van der Waals surface area contributed by atoms with E-state index < -0.39 is 0 Å². The standard InChI is InChI=1S/C18H21NO2S2/c1-21-18(20)17-16(11-12-22-17)19-23-15-9-7-14(8-10-15)13-5-3-2-4-6-13/h7-13,19H,2-6H2,1H3. The molecule has 0 unspecified atom stereocenters. The molecule has 1 aromatic carbocycles. The Balaban J connectivity index is 1.60. The average Bonchev–Trinajstić information content (AvgIpc) is 3.09. The smallest absolute Gasteiger partial charge is 0.350 e. The van der Waals surface area contributed by atoms with E-state index in [9.17, 15) is 4.79 Å². The molecule has 23 heavy (non-hydrogen) atoms. The van der Waals surface area contributed by atoms with Crippen LogP contribution in [0.25, 0.3) is 0 Å². The molecule has 2 aromatic rings. The second kappa shape index (κ2) is 7.88. The van der Waals surface area contributed by atoms with Crippen LogP contribution in [0.2, 0.25) is 0 Å². The van der Waals surface area contributed by atoms with Crippen molar-refractivity contribution >= 4 is 34.9 Å². The molecule has 1 saturated carbocycles. The molecule has 1 fully saturated rings. The zero-order valence-electron chi connectivity index (χ0n) is 13.2. The van der Waals surface area contributed by atoms with Gasteiger partial charge < -0.3 is 9.46 Å². The molecule has 1 heterocycles. The minimum Gasteiger partial charge on any atom is -0.465 e. The van der Waals surface area contributed by atoms with Crippen LogP contribution in [0, 0.1) is 0 Å². The monoisotopic (exact) mass is 347 g/mol. The van der Waals surface area contributed by atoms with Gasteiger partial charge in [-0.05, 0) is 59.9 Å². The van der Waals surface area contributed by atoms with Crippen LogP contribution in [-0.4, -0.2) is 13.1 Å². The highest BCUT2D eigenvalue weighted by Crippen LogP contribution is 2.34. The molecular weight excluding hydrogens is 326 g/mol. The Labute approximate surface area is 145 Å². The number of rotatable bonds is 5. The average molecular weight is 348 g/mol. The fraction of sp³-hybridized carbons (Fsp3) is 0.389. The highest BCUT2D eigenvalue weighted by Gasteiger charge is 2.16. The van der Waals surface area contributed by atoms with E-state index in [1.165, 1.54) is 68.1 Å². The molecule has 3 rings (SSSR count). The fourth-order valence-electron chi connectivity index (χ4n) is 3.00. The minimum absolute atomic E-state index is 0.296. The van der Waals surface area contributed by atoms with E-state index in [0.717, 1.165) is 16.5 Å². The van der Waals surface area contributed by atoms with Gasteiger partial charge in [0.05, 0.1) is 12.8 Å². The maximum atomic E-state index is 11.7. The molecule has 122 valence electrons. The first-order valence-corrected chi connectivity index (χ1v) is 9.66. The second-order valence-electron chi connectivity index (χ2n) is 5.76. The van der Waals surface area contributed by atoms with E-state index in [1.807, 2.05) is 11.4 Å². The van der Waals surface area contributed by atoms with Crippen molar-refractivity contribution in [3.8, 4) is 0 Å². The molecule has 0 saturated heterocycles. The van der Waals surface area contributed by atoms with Crippen molar-refractivity contribution in [1.29, 1.82) is 0 Å². The first kappa shape index (κ1) is 16.4. The predicted molar refractivity (Wildman–Crippen MR) is 97.4 cm³/mol. The van der Waals surface area contributed by atoms with Crippen LogP contribution in [0.1, 0.15) is 53.3 Å². The Kier molecular flexibility index (Phi) is 5.62. The number of benzene rings is 1. The summed E-state index contributed by atoms with van der Waals surface area (Å²) in [7, 11) is 1.41. The number of ether oxygens (including phenoxy) is 1. The highest BCUT2D eigenvalue weighted by molar-refractivity contribution is 8.00. The van der Waals surface area contributed by atoms with E-state index in [-0.39, 0.29) is 5.97 Å². The predicted octanol–water partition coefficient (Wildman–Crippen LogP) is 5.70. The summed E-state index contributed by atoms with van der Waals surface area (Å²) in [5.74, 6) is 0.439. The van der Waals surface area contributed by atoms with E-state index in [4.69, 9.17) is 4.74 Å². The summed E-state index contributed by atoms with van der Waals surface area (Å²) in [5, 5.41) is 1.89. The lowest BCUT2D eigenvalue weighted by atomic mass is 9.84. The van der Waals surface area contributed by atoms with Crippen LogP contribution in [-0.2, 0) is 4.74 Å². The second-order valence-corrected chi connectivity index (χ2v) is 7.56. The van der Waals surface area contributed by atoms with Gasteiger partial charge in [-0.3, -0.25) is 0 Å². The lowest BCUT2D eigenvalue weighted by Crippen LogP contribution is -2.04. The van der Waals surface area contributed by atoms with Crippen molar-refractivity contribution in [3.63, 3.8) is 0 Å². The maximum absolute atomic E-state index is 11.7. The van der Waals surface area contributed by atoms with Crippen molar-refractivity contribution in [3.05, 3.63) is 46.2 Å². The number of anilines is 1. The van der Waals surface area contributed by atoms with Gasteiger partial charge in [-0.2, -0.15) is 0 Å². The van der Waals surface area contributed by atoms with Crippen LogP contribution in [0.5, 0.6) is 0 Å².